The van der Waals surface area contributed by atoms with Crippen LogP contribution in [0.2, 0.25) is 0 Å². The first-order valence-corrected chi connectivity index (χ1v) is 8.43. The molecule has 1 unspecified atom stereocenters. The number of hydrogen-bond donors (Lipinski definition) is 0. The summed E-state index contributed by atoms with van der Waals surface area (Å²) < 4.78 is 12.8. The molecule has 4 heteroatoms. The highest BCUT2D eigenvalue weighted by Gasteiger charge is 2.44. The lowest BCUT2D eigenvalue weighted by Crippen LogP contribution is -2.35. The summed E-state index contributed by atoms with van der Waals surface area (Å²) in [6.45, 7) is 7.93. The minimum atomic E-state index is -0.791. The Bertz CT molecular complexity index is 562. The van der Waals surface area contributed by atoms with E-state index in [0.29, 0.717) is 6.61 Å². The van der Waals surface area contributed by atoms with Crippen LogP contribution in [-0.2, 0) is 15.3 Å². The van der Waals surface area contributed by atoms with Crippen molar-refractivity contribution in [2.45, 2.75) is 25.7 Å². The second-order valence-electron chi connectivity index (χ2n) is 5.89. The summed E-state index contributed by atoms with van der Waals surface area (Å²) in [5.74, 6) is -0.791. The number of ether oxygens (including phenoxy) is 2. The van der Waals surface area contributed by atoms with Gasteiger partial charge in [-0.15, -0.1) is 12.4 Å². The van der Waals surface area contributed by atoms with Crippen LogP contribution in [0.4, 0.5) is 0 Å². The maximum Gasteiger partial charge on any atom is 0.222 e. The van der Waals surface area contributed by atoms with E-state index in [9.17, 15) is 0 Å². The smallest absolute Gasteiger partial charge is 0.222 e. The van der Waals surface area contributed by atoms with Crippen molar-refractivity contribution in [3.05, 3.63) is 71.8 Å². The van der Waals surface area contributed by atoms with Gasteiger partial charge in [-0.2, -0.15) is 0 Å². The van der Waals surface area contributed by atoms with Gasteiger partial charge in [0, 0.05) is 17.7 Å². The predicted molar refractivity (Wildman–Crippen MR) is 99.5 cm³/mol. The molecule has 130 valence electrons. The van der Waals surface area contributed by atoms with Gasteiger partial charge in [0.15, 0.2) is 0 Å². The molecule has 1 atom stereocenters. The average molecular weight is 348 g/mol. The van der Waals surface area contributed by atoms with E-state index >= 15 is 0 Å². The van der Waals surface area contributed by atoms with E-state index in [1.165, 1.54) is 0 Å². The summed E-state index contributed by atoms with van der Waals surface area (Å²) in [5, 5.41) is 0. The summed E-state index contributed by atoms with van der Waals surface area (Å²) in [4.78, 5) is 2.38. The second kappa shape index (κ2) is 8.63. The third-order valence-corrected chi connectivity index (χ3v) is 4.47. The Morgan fingerprint density at radius 2 is 1.42 bits per heavy atom. The molecule has 0 N–H and O–H groups in total. The zero-order chi connectivity index (χ0) is 16.1. The summed E-state index contributed by atoms with van der Waals surface area (Å²) in [7, 11) is 0. The highest BCUT2D eigenvalue weighted by molar-refractivity contribution is 5.85. The van der Waals surface area contributed by atoms with Gasteiger partial charge in [0.05, 0.1) is 12.7 Å². The van der Waals surface area contributed by atoms with Crippen molar-refractivity contribution in [1.29, 1.82) is 0 Å². The number of rotatable bonds is 6. The number of likely N-dealkylation sites (N-methyl/N-ethyl adjacent to an activating group) is 1. The molecule has 0 bridgehead atoms. The van der Waals surface area contributed by atoms with Crippen LogP contribution in [0.1, 0.15) is 25.0 Å². The van der Waals surface area contributed by atoms with E-state index in [-0.39, 0.29) is 18.5 Å². The molecule has 0 saturated carbocycles. The fraction of sp³-hybridized carbons (Fsp3) is 0.400. The Kier molecular flexibility index (Phi) is 6.81. The van der Waals surface area contributed by atoms with Crippen molar-refractivity contribution in [2.75, 3.05) is 26.2 Å². The van der Waals surface area contributed by atoms with Gasteiger partial charge in [-0.25, -0.2) is 0 Å². The molecule has 0 aliphatic carbocycles. The van der Waals surface area contributed by atoms with Crippen molar-refractivity contribution in [3.63, 3.8) is 0 Å². The minimum Gasteiger partial charge on any atom is -0.339 e. The predicted octanol–water partition coefficient (Wildman–Crippen LogP) is 4.07. The fourth-order valence-electron chi connectivity index (χ4n) is 3.16. The summed E-state index contributed by atoms with van der Waals surface area (Å²) in [5.41, 5.74) is 2.10. The highest BCUT2D eigenvalue weighted by atomic mass is 35.5. The van der Waals surface area contributed by atoms with E-state index in [0.717, 1.165) is 30.8 Å². The topological polar surface area (TPSA) is 21.7 Å². The molecule has 2 aromatic carbocycles. The minimum absolute atomic E-state index is 0. The monoisotopic (exact) mass is 347 g/mol. The number of halogens is 1. The first kappa shape index (κ1) is 18.9. The van der Waals surface area contributed by atoms with Gasteiger partial charge in [-0.1, -0.05) is 74.5 Å². The van der Waals surface area contributed by atoms with Crippen molar-refractivity contribution < 1.29 is 9.47 Å². The molecule has 24 heavy (non-hydrogen) atoms. The summed E-state index contributed by atoms with van der Waals surface area (Å²) in [6.07, 6.45) is 0.0790. The Morgan fingerprint density at radius 3 is 1.88 bits per heavy atom. The molecule has 1 fully saturated rings. The molecule has 3 rings (SSSR count). The van der Waals surface area contributed by atoms with Gasteiger partial charge in [-0.05, 0) is 13.1 Å². The zero-order valence-electron chi connectivity index (χ0n) is 14.4. The average Bonchev–Trinajstić information content (AvgIpc) is 3.06. The van der Waals surface area contributed by atoms with Crippen LogP contribution < -0.4 is 0 Å². The van der Waals surface area contributed by atoms with Crippen molar-refractivity contribution in [1.82, 2.24) is 4.90 Å². The van der Waals surface area contributed by atoms with Crippen LogP contribution in [0.5, 0.6) is 0 Å². The van der Waals surface area contributed by atoms with Gasteiger partial charge in [0.25, 0.3) is 0 Å². The van der Waals surface area contributed by atoms with E-state index in [1.54, 1.807) is 0 Å². The Hall–Kier alpha value is -1.39. The maximum atomic E-state index is 6.49. The van der Waals surface area contributed by atoms with Crippen molar-refractivity contribution in [3.8, 4) is 0 Å². The van der Waals surface area contributed by atoms with Crippen LogP contribution in [-0.4, -0.2) is 37.2 Å². The molecule has 0 aromatic heterocycles. The van der Waals surface area contributed by atoms with Gasteiger partial charge in [0.2, 0.25) is 5.79 Å². The lowest BCUT2D eigenvalue weighted by molar-refractivity contribution is -0.144. The molecule has 1 saturated heterocycles. The van der Waals surface area contributed by atoms with E-state index in [4.69, 9.17) is 9.47 Å². The molecule has 1 aliphatic heterocycles. The quantitative estimate of drug-likeness (QED) is 0.786. The van der Waals surface area contributed by atoms with Crippen LogP contribution in [0, 0.1) is 0 Å². The van der Waals surface area contributed by atoms with Crippen LogP contribution in [0.25, 0.3) is 0 Å². The molecule has 1 aliphatic rings. The molecule has 1 heterocycles. The van der Waals surface area contributed by atoms with E-state index in [2.05, 4.69) is 43.0 Å². The summed E-state index contributed by atoms with van der Waals surface area (Å²) >= 11 is 0. The summed E-state index contributed by atoms with van der Waals surface area (Å²) in [6, 6.07) is 20.5. The standard InChI is InChI=1S/C20H25NO2.ClH/c1-3-21(4-2)15-19-16-22-20(23-19,17-11-7-5-8-12-17)18-13-9-6-10-14-18;/h5-14,19H,3-4,15-16H2,1-2H3;1H. The normalized spacial score (nSPS) is 19.2. The lowest BCUT2D eigenvalue weighted by atomic mass is 9.97. The first-order chi connectivity index (χ1) is 11.3. The molecule has 3 nitrogen and oxygen atoms in total. The Balaban J connectivity index is 0.00000208. The largest absolute Gasteiger partial charge is 0.339 e. The molecule has 2 aromatic rings. The Morgan fingerprint density at radius 1 is 0.917 bits per heavy atom. The number of benzene rings is 2. The van der Waals surface area contributed by atoms with Crippen molar-refractivity contribution in [2.24, 2.45) is 0 Å². The van der Waals surface area contributed by atoms with Gasteiger partial charge in [-0.3, -0.25) is 0 Å². The van der Waals surface area contributed by atoms with Gasteiger partial charge < -0.3 is 14.4 Å². The molecular formula is C20H26ClNO2. The van der Waals surface area contributed by atoms with Crippen LogP contribution in [0.3, 0.4) is 0 Å². The fourth-order valence-corrected chi connectivity index (χ4v) is 3.16. The molecule has 0 spiro atoms. The molecule has 0 radical (unpaired) electrons. The third-order valence-electron chi connectivity index (χ3n) is 4.47. The van der Waals surface area contributed by atoms with E-state index < -0.39 is 5.79 Å². The molecule has 0 amide bonds. The maximum absolute atomic E-state index is 6.49. The SMILES string of the molecule is CCN(CC)CC1COC(c2ccccc2)(c2ccccc2)O1.Cl. The number of hydrogen-bond acceptors (Lipinski definition) is 3. The Labute approximate surface area is 151 Å². The van der Waals surface area contributed by atoms with Crippen LogP contribution in [0.15, 0.2) is 60.7 Å². The van der Waals surface area contributed by atoms with Gasteiger partial charge >= 0.3 is 0 Å². The van der Waals surface area contributed by atoms with Gasteiger partial charge in [0.1, 0.15) is 0 Å². The highest BCUT2D eigenvalue weighted by Crippen LogP contribution is 2.40. The number of nitrogens with zero attached hydrogens (tertiary/aromatic N) is 1. The van der Waals surface area contributed by atoms with Crippen molar-refractivity contribution >= 4 is 12.4 Å². The lowest BCUT2D eigenvalue weighted by Gasteiger charge is -2.30. The third kappa shape index (κ3) is 3.81. The second-order valence-corrected chi connectivity index (χ2v) is 5.89. The first-order valence-electron chi connectivity index (χ1n) is 8.43. The zero-order valence-corrected chi connectivity index (χ0v) is 15.2. The van der Waals surface area contributed by atoms with Crippen LogP contribution >= 0.6 is 12.4 Å². The van der Waals surface area contributed by atoms with E-state index in [1.807, 2.05) is 36.4 Å². The molecular weight excluding hydrogens is 322 g/mol.